The Bertz CT molecular complexity index is 1150. The number of carbonyl (C=O) groups is 3. The van der Waals surface area contributed by atoms with Gasteiger partial charge in [-0.25, -0.2) is 4.39 Å². The predicted molar refractivity (Wildman–Crippen MR) is 126 cm³/mol. The Morgan fingerprint density at radius 2 is 1.44 bits per heavy atom. The molecule has 2 heterocycles. The average molecular weight is 482 g/mol. The maximum absolute atomic E-state index is 13.3. The zero-order chi connectivity index (χ0) is 23.6. The van der Waals surface area contributed by atoms with Gasteiger partial charge >= 0.3 is 0 Å². The second-order valence-electron chi connectivity index (χ2n) is 9.82. The average Bonchev–Trinajstić information content (AvgIpc) is 3.53. The molecule has 2 aromatic carbocycles. The molecule has 4 fully saturated rings. The standard InChI is InChI=1S/C26H25ClFN3O3/c27-21-8-7-19(31-25(33)22-15-1-2-16(13-15)23(22)26(31)34)14-20(21)24(32)30-11-9-29(10-12-30)18-5-3-17(28)4-6-18/h3-8,14-16,22-23H,1-2,9-13H2/t15-,16-,22-,23-/m0/s1. The molecule has 8 heteroatoms. The van der Waals surface area contributed by atoms with E-state index in [1.54, 1.807) is 35.2 Å². The first kappa shape index (κ1) is 21.6. The number of nitrogens with zero attached hydrogens (tertiary/aromatic N) is 3. The Morgan fingerprint density at radius 1 is 0.853 bits per heavy atom. The number of benzene rings is 2. The van der Waals surface area contributed by atoms with Gasteiger partial charge in [-0.3, -0.25) is 19.3 Å². The molecule has 0 aromatic heterocycles. The van der Waals surface area contributed by atoms with Crippen LogP contribution in [0.1, 0.15) is 29.6 Å². The van der Waals surface area contributed by atoms with E-state index in [0.29, 0.717) is 54.3 Å². The number of rotatable bonds is 3. The van der Waals surface area contributed by atoms with Gasteiger partial charge in [-0.2, -0.15) is 0 Å². The van der Waals surface area contributed by atoms with E-state index in [2.05, 4.69) is 4.90 Å². The van der Waals surface area contributed by atoms with E-state index in [-0.39, 0.29) is 35.4 Å². The highest BCUT2D eigenvalue weighted by molar-refractivity contribution is 6.34. The maximum Gasteiger partial charge on any atom is 0.255 e. The molecule has 0 unspecified atom stereocenters. The molecular weight excluding hydrogens is 457 g/mol. The van der Waals surface area contributed by atoms with Crippen LogP contribution in [0.15, 0.2) is 42.5 Å². The van der Waals surface area contributed by atoms with Crippen LogP contribution < -0.4 is 9.80 Å². The number of halogens is 2. The molecule has 4 atom stereocenters. The molecule has 2 saturated carbocycles. The monoisotopic (exact) mass is 481 g/mol. The van der Waals surface area contributed by atoms with Gasteiger partial charge < -0.3 is 9.80 Å². The summed E-state index contributed by atoms with van der Waals surface area (Å²) < 4.78 is 13.2. The Morgan fingerprint density at radius 3 is 2.06 bits per heavy atom. The molecule has 0 N–H and O–H groups in total. The van der Waals surface area contributed by atoms with Crippen LogP contribution in [0.25, 0.3) is 0 Å². The Balaban J connectivity index is 1.20. The van der Waals surface area contributed by atoms with Crippen LogP contribution in [0.2, 0.25) is 5.02 Å². The molecule has 3 amide bonds. The number of amides is 3. The smallest absolute Gasteiger partial charge is 0.255 e. The third kappa shape index (κ3) is 3.32. The number of hydrogen-bond acceptors (Lipinski definition) is 4. The SMILES string of the molecule is O=C(c1cc(N2C(=O)[C@H]3[C@H]4CC[C@@H](C4)[C@@H]3C2=O)ccc1Cl)N1CCN(c2ccc(F)cc2)CC1. The van der Waals surface area contributed by atoms with E-state index in [1.165, 1.54) is 17.0 Å². The summed E-state index contributed by atoms with van der Waals surface area (Å²) in [6, 6.07) is 11.2. The fraction of sp³-hybridized carbons (Fsp3) is 0.423. The minimum Gasteiger partial charge on any atom is -0.368 e. The van der Waals surface area contributed by atoms with E-state index in [4.69, 9.17) is 11.6 Å². The van der Waals surface area contributed by atoms with Gasteiger partial charge in [0.25, 0.3) is 5.91 Å². The molecular formula is C26H25ClFN3O3. The predicted octanol–water partition coefficient (Wildman–Crippen LogP) is 3.98. The summed E-state index contributed by atoms with van der Waals surface area (Å²) in [4.78, 5) is 44.9. The summed E-state index contributed by atoms with van der Waals surface area (Å²) in [6.45, 7) is 2.21. The normalized spacial score (nSPS) is 28.1. The molecule has 0 spiro atoms. The minimum atomic E-state index is -0.279. The van der Waals surface area contributed by atoms with Crippen LogP contribution in [0.5, 0.6) is 0 Å². The van der Waals surface area contributed by atoms with Gasteiger partial charge in [0.15, 0.2) is 0 Å². The lowest BCUT2D eigenvalue weighted by Gasteiger charge is -2.36. The number of piperazine rings is 1. The van der Waals surface area contributed by atoms with Crippen molar-refractivity contribution >= 4 is 40.7 Å². The highest BCUT2D eigenvalue weighted by Crippen LogP contribution is 2.56. The lowest BCUT2D eigenvalue weighted by molar-refractivity contribution is -0.123. The minimum absolute atomic E-state index is 0.129. The van der Waals surface area contributed by atoms with Crippen molar-refractivity contribution in [2.75, 3.05) is 36.0 Å². The van der Waals surface area contributed by atoms with Gasteiger partial charge in [-0.05, 0) is 73.6 Å². The van der Waals surface area contributed by atoms with E-state index in [0.717, 1.165) is 24.9 Å². The Kier molecular flexibility index (Phi) is 5.13. The van der Waals surface area contributed by atoms with Crippen molar-refractivity contribution in [2.24, 2.45) is 23.7 Å². The lowest BCUT2D eigenvalue weighted by atomic mass is 9.81. The van der Waals surface area contributed by atoms with Crippen LogP contribution in [0.3, 0.4) is 0 Å². The zero-order valence-corrected chi connectivity index (χ0v) is 19.4. The van der Waals surface area contributed by atoms with Gasteiger partial charge in [-0.15, -0.1) is 0 Å². The molecule has 4 aliphatic rings. The second kappa shape index (κ2) is 8.08. The Labute approximate surface area is 202 Å². The number of anilines is 2. The molecule has 2 saturated heterocycles. The van der Waals surface area contributed by atoms with Crippen LogP contribution in [-0.2, 0) is 9.59 Å². The first-order valence-corrected chi connectivity index (χ1v) is 12.3. The summed E-state index contributed by atoms with van der Waals surface area (Å²) in [5, 5.41) is 0.300. The van der Waals surface area contributed by atoms with Crippen LogP contribution in [0, 0.1) is 29.5 Å². The van der Waals surface area contributed by atoms with Gasteiger partial charge in [0.2, 0.25) is 11.8 Å². The summed E-state index contributed by atoms with van der Waals surface area (Å²) in [7, 11) is 0. The molecule has 176 valence electrons. The molecule has 0 radical (unpaired) electrons. The molecule has 2 aromatic rings. The number of carbonyl (C=O) groups excluding carboxylic acids is 3. The van der Waals surface area contributed by atoms with Crippen LogP contribution >= 0.6 is 11.6 Å². The fourth-order valence-electron chi connectivity index (χ4n) is 6.47. The first-order chi connectivity index (χ1) is 16.4. The molecule has 34 heavy (non-hydrogen) atoms. The summed E-state index contributed by atoms with van der Waals surface area (Å²) >= 11 is 6.40. The first-order valence-electron chi connectivity index (χ1n) is 11.9. The van der Waals surface area contributed by atoms with Gasteiger partial charge in [0, 0.05) is 31.9 Å². The molecule has 6 nitrogen and oxygen atoms in total. The van der Waals surface area contributed by atoms with E-state index in [9.17, 15) is 18.8 Å². The van der Waals surface area contributed by atoms with E-state index in [1.807, 2.05) is 0 Å². The van der Waals surface area contributed by atoms with Crippen molar-refractivity contribution in [2.45, 2.75) is 19.3 Å². The van der Waals surface area contributed by atoms with Crippen molar-refractivity contribution < 1.29 is 18.8 Å². The summed E-state index contributed by atoms with van der Waals surface area (Å²) in [5.74, 6) is -0.555. The maximum atomic E-state index is 13.3. The van der Waals surface area contributed by atoms with Gasteiger partial charge in [-0.1, -0.05) is 11.6 Å². The highest BCUT2D eigenvalue weighted by Gasteiger charge is 2.61. The highest BCUT2D eigenvalue weighted by atomic mass is 35.5. The van der Waals surface area contributed by atoms with E-state index >= 15 is 0 Å². The number of imide groups is 1. The Hall–Kier alpha value is -2.93. The number of hydrogen-bond donors (Lipinski definition) is 0. The lowest BCUT2D eigenvalue weighted by Crippen LogP contribution is -2.48. The van der Waals surface area contributed by atoms with Crippen LogP contribution in [-0.4, -0.2) is 48.8 Å². The van der Waals surface area contributed by atoms with Crippen molar-refractivity contribution in [1.82, 2.24) is 4.90 Å². The summed E-state index contributed by atoms with van der Waals surface area (Å²) in [5.41, 5.74) is 1.65. The molecule has 2 aliphatic carbocycles. The van der Waals surface area contributed by atoms with E-state index < -0.39 is 0 Å². The number of fused-ring (bicyclic) bond motifs is 5. The van der Waals surface area contributed by atoms with Gasteiger partial charge in [0.1, 0.15) is 5.82 Å². The third-order valence-corrected chi connectivity index (χ3v) is 8.45. The van der Waals surface area contributed by atoms with Crippen LogP contribution in [0.4, 0.5) is 15.8 Å². The summed E-state index contributed by atoms with van der Waals surface area (Å²) in [6.07, 6.45) is 3.02. The van der Waals surface area contributed by atoms with Crippen molar-refractivity contribution in [3.63, 3.8) is 0 Å². The second-order valence-corrected chi connectivity index (χ2v) is 10.2. The molecule has 2 aliphatic heterocycles. The molecule has 2 bridgehead atoms. The van der Waals surface area contributed by atoms with Crippen molar-refractivity contribution in [3.05, 3.63) is 58.9 Å². The largest absolute Gasteiger partial charge is 0.368 e. The van der Waals surface area contributed by atoms with Gasteiger partial charge in [0.05, 0.1) is 28.1 Å². The topological polar surface area (TPSA) is 60.9 Å². The zero-order valence-electron chi connectivity index (χ0n) is 18.6. The fourth-order valence-corrected chi connectivity index (χ4v) is 6.67. The molecule has 6 rings (SSSR count). The quantitative estimate of drug-likeness (QED) is 0.622. The third-order valence-electron chi connectivity index (χ3n) is 8.12. The van der Waals surface area contributed by atoms with Crippen molar-refractivity contribution in [3.8, 4) is 0 Å². The van der Waals surface area contributed by atoms with Crippen molar-refractivity contribution in [1.29, 1.82) is 0 Å².